The molecule has 0 amide bonds. The molecule has 2 aromatic heterocycles. The molecular formula is C17H25N3O2S. The molecule has 6 heteroatoms. The Morgan fingerprint density at radius 1 is 1.13 bits per heavy atom. The van der Waals surface area contributed by atoms with Crippen LogP contribution < -0.4 is 11.2 Å². The van der Waals surface area contributed by atoms with E-state index in [0.29, 0.717) is 17.0 Å². The third-order valence-electron chi connectivity index (χ3n) is 4.01. The highest BCUT2D eigenvalue weighted by molar-refractivity contribution is 7.99. The average Bonchev–Trinajstić information content (AvgIpc) is 2.49. The van der Waals surface area contributed by atoms with Crippen LogP contribution in [0, 0.1) is 5.92 Å². The van der Waals surface area contributed by atoms with Crippen LogP contribution in [0.3, 0.4) is 0 Å². The van der Waals surface area contributed by atoms with E-state index in [1.54, 1.807) is 18.8 Å². The van der Waals surface area contributed by atoms with Crippen molar-refractivity contribution in [3.8, 4) is 0 Å². The number of hydrogen-bond acceptors (Lipinski definition) is 4. The van der Waals surface area contributed by atoms with E-state index < -0.39 is 0 Å². The molecule has 5 nitrogen and oxygen atoms in total. The minimum absolute atomic E-state index is 0.259. The van der Waals surface area contributed by atoms with E-state index >= 15 is 0 Å². The van der Waals surface area contributed by atoms with E-state index in [1.165, 1.54) is 16.2 Å². The second-order valence-corrected chi connectivity index (χ2v) is 7.74. The van der Waals surface area contributed by atoms with E-state index in [2.05, 4.69) is 32.7 Å². The van der Waals surface area contributed by atoms with Crippen molar-refractivity contribution < 1.29 is 0 Å². The van der Waals surface area contributed by atoms with Crippen molar-refractivity contribution in [1.29, 1.82) is 0 Å². The number of nitrogens with zero attached hydrogens (tertiary/aromatic N) is 3. The second kappa shape index (κ2) is 6.91. The van der Waals surface area contributed by atoms with Crippen molar-refractivity contribution in [2.45, 2.75) is 44.9 Å². The van der Waals surface area contributed by atoms with Gasteiger partial charge in [0.15, 0.2) is 0 Å². The zero-order chi connectivity index (χ0) is 17.3. The van der Waals surface area contributed by atoms with Gasteiger partial charge >= 0.3 is 5.69 Å². The summed E-state index contributed by atoms with van der Waals surface area (Å²) in [5.41, 5.74) is 0.937. The Balaban J connectivity index is 2.75. The summed E-state index contributed by atoms with van der Waals surface area (Å²) in [6, 6.07) is 0. The fraction of sp³-hybridized carbons (Fsp3) is 0.588. The summed E-state index contributed by atoms with van der Waals surface area (Å²) in [5.74, 6) is 1.84. The first-order chi connectivity index (χ1) is 10.8. The number of thioether (sulfide) groups is 1. The predicted octanol–water partition coefficient (Wildman–Crippen LogP) is 2.89. The largest absolute Gasteiger partial charge is 0.332 e. The molecule has 2 aromatic rings. The Morgan fingerprint density at radius 2 is 1.78 bits per heavy atom. The zero-order valence-corrected chi connectivity index (χ0v) is 15.5. The number of rotatable bonds is 5. The summed E-state index contributed by atoms with van der Waals surface area (Å²) < 4.78 is 2.62. The van der Waals surface area contributed by atoms with Crippen LogP contribution in [0.15, 0.2) is 20.7 Å². The van der Waals surface area contributed by atoms with E-state index in [-0.39, 0.29) is 17.2 Å². The monoisotopic (exact) mass is 335 g/mol. The molecule has 0 atom stereocenters. The number of hydrogen-bond donors (Lipinski definition) is 0. The molecule has 0 spiro atoms. The van der Waals surface area contributed by atoms with Gasteiger partial charge in [-0.15, -0.1) is 11.8 Å². The summed E-state index contributed by atoms with van der Waals surface area (Å²) in [7, 11) is 3.18. The summed E-state index contributed by atoms with van der Waals surface area (Å²) >= 11 is 1.70. The molecule has 0 aromatic carbocycles. The van der Waals surface area contributed by atoms with Crippen molar-refractivity contribution in [3.05, 3.63) is 32.6 Å². The van der Waals surface area contributed by atoms with E-state index in [0.717, 1.165) is 22.6 Å². The molecule has 2 heterocycles. The molecule has 0 bridgehead atoms. The number of aromatic nitrogens is 3. The van der Waals surface area contributed by atoms with Crippen molar-refractivity contribution in [1.82, 2.24) is 14.1 Å². The van der Waals surface area contributed by atoms with Gasteiger partial charge in [-0.25, -0.2) is 9.78 Å². The first-order valence-electron chi connectivity index (χ1n) is 7.97. The van der Waals surface area contributed by atoms with Gasteiger partial charge in [-0.1, -0.05) is 27.7 Å². The van der Waals surface area contributed by atoms with Gasteiger partial charge in [-0.05, 0) is 29.6 Å². The topological polar surface area (TPSA) is 56.9 Å². The van der Waals surface area contributed by atoms with Gasteiger partial charge < -0.3 is 0 Å². The standard InChI is InChI=1S/C17H25N3O2S/c1-10(2)7-8-23-14-12(11(3)4)9-18-15-13(14)16(21)20(6)17(22)19(15)5/h9-11H,7-8H2,1-6H3. The number of pyridine rings is 1. The van der Waals surface area contributed by atoms with E-state index in [9.17, 15) is 9.59 Å². The molecule has 0 aliphatic heterocycles. The summed E-state index contributed by atoms with van der Waals surface area (Å²) in [4.78, 5) is 30.2. The third kappa shape index (κ3) is 3.37. The highest BCUT2D eigenvalue weighted by Crippen LogP contribution is 2.33. The molecule has 0 fully saturated rings. The molecule has 0 aliphatic rings. The van der Waals surface area contributed by atoms with E-state index in [4.69, 9.17) is 0 Å². The summed E-state index contributed by atoms with van der Waals surface area (Å²) in [5, 5.41) is 0.564. The van der Waals surface area contributed by atoms with Crippen molar-refractivity contribution in [3.63, 3.8) is 0 Å². The van der Waals surface area contributed by atoms with Crippen molar-refractivity contribution >= 4 is 22.8 Å². The number of fused-ring (bicyclic) bond motifs is 1. The summed E-state index contributed by atoms with van der Waals surface area (Å²) in [6.45, 7) is 8.58. The molecule has 0 N–H and O–H groups in total. The molecular weight excluding hydrogens is 310 g/mol. The molecule has 0 radical (unpaired) electrons. The van der Waals surface area contributed by atoms with Crippen LogP contribution in [0.25, 0.3) is 11.0 Å². The van der Waals surface area contributed by atoms with Gasteiger partial charge in [0.25, 0.3) is 5.56 Å². The average molecular weight is 335 g/mol. The molecule has 0 saturated carbocycles. The fourth-order valence-corrected chi connectivity index (χ4v) is 4.05. The molecule has 0 unspecified atom stereocenters. The molecule has 126 valence electrons. The lowest BCUT2D eigenvalue weighted by atomic mass is 10.0. The molecule has 2 rings (SSSR count). The quantitative estimate of drug-likeness (QED) is 0.789. The van der Waals surface area contributed by atoms with Gasteiger partial charge in [0.1, 0.15) is 5.65 Å². The highest BCUT2D eigenvalue weighted by Gasteiger charge is 2.19. The minimum Gasteiger partial charge on any atom is -0.280 e. The van der Waals surface area contributed by atoms with Gasteiger partial charge in [-0.2, -0.15) is 0 Å². The first kappa shape index (κ1) is 17.8. The lowest BCUT2D eigenvalue weighted by molar-refractivity contribution is 0.632. The highest BCUT2D eigenvalue weighted by atomic mass is 32.2. The lowest BCUT2D eigenvalue weighted by Gasteiger charge is -2.16. The second-order valence-electron chi connectivity index (χ2n) is 6.63. The van der Waals surface area contributed by atoms with Crippen LogP contribution in [-0.4, -0.2) is 19.9 Å². The maximum absolute atomic E-state index is 12.7. The van der Waals surface area contributed by atoms with Crippen LogP contribution in [0.2, 0.25) is 0 Å². The van der Waals surface area contributed by atoms with Crippen LogP contribution in [0.1, 0.15) is 45.6 Å². The first-order valence-corrected chi connectivity index (χ1v) is 8.95. The maximum atomic E-state index is 12.7. The Morgan fingerprint density at radius 3 is 2.35 bits per heavy atom. The Kier molecular flexibility index (Phi) is 5.34. The Labute approximate surface area is 140 Å². The lowest BCUT2D eigenvalue weighted by Crippen LogP contribution is -2.37. The normalized spacial score (nSPS) is 11.8. The third-order valence-corrected chi connectivity index (χ3v) is 5.18. The zero-order valence-electron chi connectivity index (χ0n) is 14.7. The van der Waals surface area contributed by atoms with Gasteiger partial charge in [0.05, 0.1) is 5.39 Å². The van der Waals surface area contributed by atoms with Crippen LogP contribution in [-0.2, 0) is 14.1 Å². The Bertz CT molecular complexity index is 834. The van der Waals surface area contributed by atoms with Gasteiger partial charge in [0.2, 0.25) is 0 Å². The molecule has 0 aliphatic carbocycles. The predicted molar refractivity (Wildman–Crippen MR) is 96.5 cm³/mol. The minimum atomic E-state index is -0.342. The summed E-state index contributed by atoms with van der Waals surface area (Å²) in [6.07, 6.45) is 2.89. The van der Waals surface area contributed by atoms with E-state index in [1.807, 2.05) is 6.20 Å². The smallest absolute Gasteiger partial charge is 0.280 e. The number of aryl methyl sites for hydroxylation is 1. The van der Waals surface area contributed by atoms with Crippen molar-refractivity contribution in [2.75, 3.05) is 5.75 Å². The van der Waals surface area contributed by atoms with Gasteiger partial charge in [-0.3, -0.25) is 13.9 Å². The van der Waals surface area contributed by atoms with Crippen LogP contribution in [0.4, 0.5) is 0 Å². The molecule has 0 saturated heterocycles. The van der Waals surface area contributed by atoms with Gasteiger partial charge in [0, 0.05) is 25.2 Å². The SMILES string of the molecule is CC(C)CCSc1c(C(C)C)cnc2c1c(=O)n(C)c(=O)n2C. The fourth-order valence-electron chi connectivity index (χ4n) is 2.48. The maximum Gasteiger partial charge on any atom is 0.332 e. The van der Waals surface area contributed by atoms with Crippen LogP contribution in [0.5, 0.6) is 0 Å². The van der Waals surface area contributed by atoms with Crippen LogP contribution >= 0.6 is 11.8 Å². The van der Waals surface area contributed by atoms with Crippen molar-refractivity contribution in [2.24, 2.45) is 20.0 Å². The molecule has 23 heavy (non-hydrogen) atoms. The Hall–Kier alpha value is -1.56.